The first-order valence-electron chi connectivity index (χ1n) is 6.16. The van der Waals surface area contributed by atoms with Gasteiger partial charge in [-0.05, 0) is 75.2 Å². The Morgan fingerprint density at radius 1 is 1.06 bits per heavy atom. The number of rotatable bonds is 6. The van der Waals surface area contributed by atoms with Crippen LogP contribution in [0.5, 0.6) is 0 Å². The quantitative estimate of drug-likeness (QED) is 0.739. The Bertz CT molecular complexity index is 350. The van der Waals surface area contributed by atoms with Gasteiger partial charge in [0.25, 0.3) is 0 Å². The molecular weight excluding hydrogens is 342 g/mol. The van der Waals surface area contributed by atoms with Crippen molar-refractivity contribution < 1.29 is 0 Å². The van der Waals surface area contributed by atoms with Gasteiger partial charge in [0.2, 0.25) is 0 Å². The molecule has 0 aromatic heterocycles. The van der Waals surface area contributed by atoms with E-state index in [1.807, 2.05) is 0 Å². The van der Waals surface area contributed by atoms with Crippen molar-refractivity contribution in [3.63, 3.8) is 0 Å². The fourth-order valence-electron chi connectivity index (χ4n) is 1.63. The van der Waals surface area contributed by atoms with Gasteiger partial charge < -0.3 is 5.32 Å². The van der Waals surface area contributed by atoms with Crippen molar-refractivity contribution >= 4 is 31.9 Å². The fraction of sp³-hybridized carbons (Fsp3) is 0.571. The predicted octanol–water partition coefficient (Wildman–Crippen LogP) is 5.13. The summed E-state index contributed by atoms with van der Waals surface area (Å²) in [6, 6.07) is 6.98. The molecule has 0 aliphatic rings. The Hall–Kier alpha value is 0.140. The largest absolute Gasteiger partial charge is 0.310 e. The second kappa shape index (κ2) is 7.55. The molecule has 0 spiro atoms. The highest BCUT2D eigenvalue weighted by Gasteiger charge is 2.04. The highest BCUT2D eigenvalue weighted by atomic mass is 79.9. The van der Waals surface area contributed by atoms with E-state index in [4.69, 9.17) is 0 Å². The third-order valence-electron chi connectivity index (χ3n) is 2.82. The van der Waals surface area contributed by atoms with Crippen LogP contribution in [0.3, 0.4) is 0 Å². The van der Waals surface area contributed by atoms with Gasteiger partial charge in [0.15, 0.2) is 0 Å². The molecule has 0 amide bonds. The summed E-state index contributed by atoms with van der Waals surface area (Å²) in [6.07, 6.45) is 2.54. The van der Waals surface area contributed by atoms with Crippen LogP contribution < -0.4 is 5.32 Å². The summed E-state index contributed by atoms with van der Waals surface area (Å²) >= 11 is 7.01. The van der Waals surface area contributed by atoms with E-state index in [1.165, 1.54) is 18.4 Å². The highest BCUT2D eigenvalue weighted by molar-refractivity contribution is 9.13. The minimum Gasteiger partial charge on any atom is -0.310 e. The van der Waals surface area contributed by atoms with Gasteiger partial charge in [0.05, 0.1) is 0 Å². The second-order valence-electron chi connectivity index (χ2n) is 5.00. The summed E-state index contributed by atoms with van der Waals surface area (Å²) in [5, 5.41) is 3.56. The zero-order valence-electron chi connectivity index (χ0n) is 10.8. The van der Waals surface area contributed by atoms with Crippen molar-refractivity contribution in [3.8, 4) is 0 Å². The normalized spacial score (nSPS) is 13.1. The van der Waals surface area contributed by atoms with Gasteiger partial charge in [-0.3, -0.25) is 0 Å². The third kappa shape index (κ3) is 6.03. The first-order valence-corrected chi connectivity index (χ1v) is 7.75. The standard InChI is InChI=1S/C14H21Br2N/c1-10(2)4-5-11(3)17-9-12-6-7-13(15)14(16)8-12/h6-8,10-11,17H,4-5,9H2,1-3H3. The Morgan fingerprint density at radius 3 is 2.35 bits per heavy atom. The molecule has 1 atom stereocenters. The molecule has 17 heavy (non-hydrogen) atoms. The Labute approximate surface area is 122 Å². The van der Waals surface area contributed by atoms with Crippen molar-refractivity contribution in [2.24, 2.45) is 5.92 Å². The number of benzene rings is 1. The molecule has 0 heterocycles. The van der Waals surface area contributed by atoms with Crippen LogP contribution in [0.4, 0.5) is 0 Å². The van der Waals surface area contributed by atoms with Crippen molar-refractivity contribution in [1.82, 2.24) is 5.32 Å². The summed E-state index contributed by atoms with van der Waals surface area (Å²) in [5.41, 5.74) is 1.32. The summed E-state index contributed by atoms with van der Waals surface area (Å²) in [4.78, 5) is 0. The van der Waals surface area contributed by atoms with Gasteiger partial charge in [0.1, 0.15) is 0 Å². The van der Waals surface area contributed by atoms with E-state index in [2.05, 4.69) is 76.1 Å². The molecule has 0 saturated carbocycles. The van der Waals surface area contributed by atoms with Gasteiger partial charge in [-0.1, -0.05) is 19.9 Å². The van der Waals surface area contributed by atoms with E-state index < -0.39 is 0 Å². The molecule has 0 aliphatic heterocycles. The van der Waals surface area contributed by atoms with E-state index in [1.54, 1.807) is 0 Å². The number of halogens is 2. The zero-order chi connectivity index (χ0) is 12.8. The van der Waals surface area contributed by atoms with Gasteiger partial charge in [-0.2, -0.15) is 0 Å². The van der Waals surface area contributed by atoms with Crippen LogP contribution in [0.25, 0.3) is 0 Å². The summed E-state index contributed by atoms with van der Waals surface area (Å²) in [6.45, 7) is 7.75. The van der Waals surface area contributed by atoms with E-state index in [0.717, 1.165) is 21.4 Å². The minimum absolute atomic E-state index is 0.583. The Balaban J connectivity index is 2.36. The molecule has 0 bridgehead atoms. The van der Waals surface area contributed by atoms with E-state index in [0.29, 0.717) is 6.04 Å². The average molecular weight is 363 g/mol. The number of hydrogen-bond donors (Lipinski definition) is 1. The molecule has 0 aliphatic carbocycles. The third-order valence-corrected chi connectivity index (χ3v) is 4.70. The maximum absolute atomic E-state index is 3.56. The van der Waals surface area contributed by atoms with Crippen LogP contribution in [0.1, 0.15) is 39.2 Å². The topological polar surface area (TPSA) is 12.0 Å². The van der Waals surface area contributed by atoms with Crippen LogP contribution in [0.15, 0.2) is 27.1 Å². The monoisotopic (exact) mass is 361 g/mol. The lowest BCUT2D eigenvalue weighted by molar-refractivity contribution is 0.450. The Kier molecular flexibility index (Phi) is 6.75. The molecule has 1 aromatic carbocycles. The lowest BCUT2D eigenvalue weighted by Crippen LogP contribution is -2.25. The van der Waals surface area contributed by atoms with Crippen LogP contribution in [-0.4, -0.2) is 6.04 Å². The number of nitrogens with one attached hydrogen (secondary N) is 1. The molecule has 0 radical (unpaired) electrons. The molecule has 1 rings (SSSR count). The SMILES string of the molecule is CC(C)CCC(C)NCc1ccc(Br)c(Br)c1. The molecule has 0 saturated heterocycles. The van der Waals surface area contributed by atoms with Crippen LogP contribution in [0, 0.1) is 5.92 Å². The van der Waals surface area contributed by atoms with Crippen molar-refractivity contribution in [2.75, 3.05) is 0 Å². The fourth-order valence-corrected chi connectivity index (χ4v) is 2.30. The van der Waals surface area contributed by atoms with Crippen molar-refractivity contribution in [1.29, 1.82) is 0 Å². The predicted molar refractivity (Wildman–Crippen MR) is 82.2 cm³/mol. The second-order valence-corrected chi connectivity index (χ2v) is 6.71. The highest BCUT2D eigenvalue weighted by Crippen LogP contribution is 2.23. The zero-order valence-corrected chi connectivity index (χ0v) is 13.9. The summed E-state index contributed by atoms with van der Waals surface area (Å²) in [5.74, 6) is 0.793. The lowest BCUT2D eigenvalue weighted by atomic mass is 10.0. The van der Waals surface area contributed by atoms with Crippen molar-refractivity contribution in [3.05, 3.63) is 32.7 Å². The molecule has 1 unspecified atom stereocenters. The molecule has 3 heteroatoms. The smallest absolute Gasteiger partial charge is 0.0320 e. The maximum Gasteiger partial charge on any atom is 0.0320 e. The van der Waals surface area contributed by atoms with E-state index in [9.17, 15) is 0 Å². The summed E-state index contributed by atoms with van der Waals surface area (Å²) < 4.78 is 2.22. The van der Waals surface area contributed by atoms with Gasteiger partial charge in [-0.25, -0.2) is 0 Å². The lowest BCUT2D eigenvalue weighted by Gasteiger charge is -2.15. The molecule has 1 nitrogen and oxygen atoms in total. The van der Waals surface area contributed by atoms with Crippen LogP contribution in [0.2, 0.25) is 0 Å². The molecule has 1 N–H and O–H groups in total. The average Bonchev–Trinajstić information content (AvgIpc) is 2.28. The minimum atomic E-state index is 0.583. The van der Waals surface area contributed by atoms with E-state index in [-0.39, 0.29) is 0 Å². The van der Waals surface area contributed by atoms with Crippen LogP contribution in [-0.2, 0) is 6.54 Å². The van der Waals surface area contributed by atoms with E-state index >= 15 is 0 Å². The van der Waals surface area contributed by atoms with Gasteiger partial charge >= 0.3 is 0 Å². The van der Waals surface area contributed by atoms with Gasteiger partial charge in [-0.15, -0.1) is 0 Å². The van der Waals surface area contributed by atoms with Crippen molar-refractivity contribution in [2.45, 2.75) is 46.2 Å². The first-order chi connectivity index (χ1) is 7.99. The maximum atomic E-state index is 3.56. The van der Waals surface area contributed by atoms with Crippen LogP contribution >= 0.6 is 31.9 Å². The number of hydrogen-bond acceptors (Lipinski definition) is 1. The Morgan fingerprint density at radius 2 is 1.76 bits per heavy atom. The molecule has 96 valence electrons. The molecular formula is C14H21Br2N. The summed E-state index contributed by atoms with van der Waals surface area (Å²) in [7, 11) is 0. The van der Waals surface area contributed by atoms with Gasteiger partial charge in [0, 0.05) is 21.5 Å². The first kappa shape index (κ1) is 15.2. The molecule has 0 fully saturated rings. The molecule has 1 aromatic rings.